The number of hydrogen-bond donors (Lipinski definition) is 2. The standard InChI is InChI=1S/C20H22N4O4S/c1-15(13-21-10-8-16-2-5-19(6-3-16)24(25)26)23-29(27,28)20-7-4-18-14-22-11-9-17(18)12-20/h2-7,9,11-12,14-15,21,23H,8,10,13H2,1H3. The van der Waals surface area contributed by atoms with Crippen LogP contribution < -0.4 is 10.0 Å². The highest BCUT2D eigenvalue weighted by molar-refractivity contribution is 7.89. The third-order valence-corrected chi connectivity index (χ3v) is 6.05. The zero-order valence-electron chi connectivity index (χ0n) is 15.9. The van der Waals surface area contributed by atoms with Gasteiger partial charge in [0.25, 0.3) is 5.69 Å². The first-order valence-corrected chi connectivity index (χ1v) is 10.6. The zero-order chi connectivity index (χ0) is 20.9. The Labute approximate surface area is 169 Å². The van der Waals surface area contributed by atoms with Gasteiger partial charge in [-0.1, -0.05) is 18.2 Å². The average Bonchev–Trinajstić information content (AvgIpc) is 2.71. The van der Waals surface area contributed by atoms with E-state index in [1.807, 2.05) is 0 Å². The van der Waals surface area contributed by atoms with E-state index in [4.69, 9.17) is 0 Å². The van der Waals surface area contributed by atoms with Crippen LogP contribution in [-0.2, 0) is 16.4 Å². The third kappa shape index (κ3) is 5.57. The van der Waals surface area contributed by atoms with Crippen LogP contribution in [0.1, 0.15) is 12.5 Å². The van der Waals surface area contributed by atoms with Crippen molar-refractivity contribution in [3.63, 3.8) is 0 Å². The number of aromatic nitrogens is 1. The molecule has 1 unspecified atom stereocenters. The van der Waals surface area contributed by atoms with Gasteiger partial charge >= 0.3 is 0 Å². The minimum absolute atomic E-state index is 0.0645. The van der Waals surface area contributed by atoms with Crippen LogP contribution >= 0.6 is 0 Å². The van der Waals surface area contributed by atoms with Gasteiger partial charge in [-0.15, -0.1) is 0 Å². The number of fused-ring (bicyclic) bond motifs is 1. The fourth-order valence-electron chi connectivity index (χ4n) is 2.94. The van der Waals surface area contributed by atoms with E-state index in [1.54, 1.807) is 55.7 Å². The minimum atomic E-state index is -3.63. The first kappa shape index (κ1) is 20.8. The number of non-ortho nitro benzene ring substituents is 1. The van der Waals surface area contributed by atoms with Gasteiger partial charge < -0.3 is 5.32 Å². The monoisotopic (exact) mass is 414 g/mol. The number of nitrogens with zero attached hydrogens (tertiary/aromatic N) is 2. The number of hydrogen-bond acceptors (Lipinski definition) is 6. The van der Waals surface area contributed by atoms with Crippen LogP contribution in [0.25, 0.3) is 10.8 Å². The first-order chi connectivity index (χ1) is 13.8. The second-order valence-corrected chi connectivity index (χ2v) is 8.50. The number of nitro groups is 1. The van der Waals surface area contributed by atoms with Crippen LogP contribution in [0.4, 0.5) is 5.69 Å². The smallest absolute Gasteiger partial charge is 0.269 e. The van der Waals surface area contributed by atoms with Crippen LogP contribution in [-0.4, -0.2) is 37.5 Å². The lowest BCUT2D eigenvalue weighted by molar-refractivity contribution is -0.384. The summed E-state index contributed by atoms with van der Waals surface area (Å²) in [5, 5.41) is 15.6. The van der Waals surface area contributed by atoms with Crippen molar-refractivity contribution in [2.24, 2.45) is 0 Å². The van der Waals surface area contributed by atoms with Crippen LogP contribution in [0.15, 0.2) is 65.8 Å². The van der Waals surface area contributed by atoms with Gasteiger partial charge in [0.15, 0.2) is 0 Å². The first-order valence-electron chi connectivity index (χ1n) is 9.15. The number of nitro benzene ring substituents is 1. The summed E-state index contributed by atoms with van der Waals surface area (Å²) < 4.78 is 27.9. The lowest BCUT2D eigenvalue weighted by Crippen LogP contribution is -2.40. The Balaban J connectivity index is 1.50. The zero-order valence-corrected chi connectivity index (χ0v) is 16.7. The Hall–Kier alpha value is -2.88. The maximum absolute atomic E-state index is 12.6. The number of pyridine rings is 1. The fraction of sp³-hybridized carbons (Fsp3) is 0.250. The summed E-state index contributed by atoms with van der Waals surface area (Å²) in [6.45, 7) is 2.89. The minimum Gasteiger partial charge on any atom is -0.315 e. The second-order valence-electron chi connectivity index (χ2n) is 6.78. The maximum Gasteiger partial charge on any atom is 0.269 e. The molecule has 152 valence electrons. The Morgan fingerprint density at radius 1 is 1.10 bits per heavy atom. The van der Waals surface area contributed by atoms with Crippen molar-refractivity contribution in [2.75, 3.05) is 13.1 Å². The maximum atomic E-state index is 12.6. The molecule has 29 heavy (non-hydrogen) atoms. The van der Waals surface area contributed by atoms with Gasteiger partial charge in [-0.05, 0) is 49.0 Å². The van der Waals surface area contributed by atoms with Gasteiger partial charge in [-0.2, -0.15) is 0 Å². The van der Waals surface area contributed by atoms with Crippen LogP contribution in [0.3, 0.4) is 0 Å². The summed E-state index contributed by atoms with van der Waals surface area (Å²) in [5.41, 5.74) is 1.04. The van der Waals surface area contributed by atoms with E-state index in [-0.39, 0.29) is 16.6 Å². The van der Waals surface area contributed by atoms with Gasteiger partial charge in [-0.3, -0.25) is 15.1 Å². The summed E-state index contributed by atoms with van der Waals surface area (Å²) in [6.07, 6.45) is 4.01. The summed E-state index contributed by atoms with van der Waals surface area (Å²) in [4.78, 5) is 14.5. The van der Waals surface area contributed by atoms with Gasteiger partial charge in [-0.25, -0.2) is 13.1 Å². The largest absolute Gasteiger partial charge is 0.315 e. The van der Waals surface area contributed by atoms with Crippen LogP contribution in [0.5, 0.6) is 0 Å². The molecule has 0 aliphatic heterocycles. The quantitative estimate of drug-likeness (QED) is 0.316. The molecule has 9 heteroatoms. The van der Waals surface area contributed by atoms with E-state index in [0.29, 0.717) is 19.5 Å². The van der Waals surface area contributed by atoms with E-state index in [0.717, 1.165) is 16.3 Å². The van der Waals surface area contributed by atoms with Crippen molar-refractivity contribution in [1.29, 1.82) is 0 Å². The summed E-state index contributed by atoms with van der Waals surface area (Å²) in [6, 6.07) is 12.8. The van der Waals surface area contributed by atoms with E-state index >= 15 is 0 Å². The lowest BCUT2D eigenvalue weighted by atomic mass is 10.1. The molecular weight excluding hydrogens is 392 g/mol. The highest BCUT2D eigenvalue weighted by Gasteiger charge is 2.17. The summed E-state index contributed by atoms with van der Waals surface area (Å²) in [7, 11) is -3.63. The molecular formula is C20H22N4O4S. The lowest BCUT2D eigenvalue weighted by Gasteiger charge is -2.15. The topological polar surface area (TPSA) is 114 Å². The summed E-state index contributed by atoms with van der Waals surface area (Å²) in [5.74, 6) is 0. The van der Waals surface area contributed by atoms with Crippen molar-refractivity contribution in [2.45, 2.75) is 24.3 Å². The van der Waals surface area contributed by atoms with E-state index in [9.17, 15) is 18.5 Å². The molecule has 8 nitrogen and oxygen atoms in total. The molecule has 0 spiro atoms. The molecule has 0 saturated carbocycles. The SMILES string of the molecule is CC(CNCCc1ccc([N+](=O)[O-])cc1)NS(=O)(=O)c1ccc2cnccc2c1. The number of nitrogens with one attached hydrogen (secondary N) is 2. The Kier molecular flexibility index (Phi) is 6.53. The number of rotatable bonds is 9. The van der Waals surface area contributed by atoms with Crippen molar-refractivity contribution >= 4 is 26.5 Å². The molecule has 0 amide bonds. The van der Waals surface area contributed by atoms with Gasteiger partial charge in [0.1, 0.15) is 0 Å². The predicted octanol–water partition coefficient (Wildman–Crippen LogP) is 2.64. The second kappa shape index (κ2) is 9.08. The average molecular weight is 414 g/mol. The molecule has 1 aromatic heterocycles. The van der Waals surface area contributed by atoms with Crippen molar-refractivity contribution in [1.82, 2.24) is 15.0 Å². The molecule has 0 aliphatic carbocycles. The Bertz CT molecular complexity index is 1100. The van der Waals surface area contributed by atoms with Crippen LogP contribution in [0.2, 0.25) is 0 Å². The van der Waals surface area contributed by atoms with Gasteiger partial charge in [0.2, 0.25) is 10.0 Å². The molecule has 1 heterocycles. The fourth-order valence-corrected chi connectivity index (χ4v) is 4.22. The highest BCUT2D eigenvalue weighted by atomic mass is 32.2. The molecule has 0 radical (unpaired) electrons. The molecule has 2 N–H and O–H groups in total. The third-order valence-electron chi connectivity index (χ3n) is 4.47. The molecule has 0 fully saturated rings. The Morgan fingerprint density at radius 2 is 1.86 bits per heavy atom. The molecule has 1 atom stereocenters. The number of benzene rings is 2. The highest BCUT2D eigenvalue weighted by Crippen LogP contribution is 2.18. The summed E-state index contributed by atoms with van der Waals surface area (Å²) >= 11 is 0. The Morgan fingerprint density at radius 3 is 2.59 bits per heavy atom. The van der Waals surface area contributed by atoms with Gasteiger partial charge in [0, 0.05) is 42.5 Å². The molecule has 2 aromatic carbocycles. The van der Waals surface area contributed by atoms with E-state index in [2.05, 4.69) is 15.0 Å². The molecule has 0 bridgehead atoms. The molecule has 3 rings (SSSR count). The van der Waals surface area contributed by atoms with Crippen molar-refractivity contribution < 1.29 is 13.3 Å². The molecule has 0 saturated heterocycles. The van der Waals surface area contributed by atoms with Crippen molar-refractivity contribution in [3.8, 4) is 0 Å². The predicted molar refractivity (Wildman–Crippen MR) is 111 cm³/mol. The van der Waals surface area contributed by atoms with E-state index < -0.39 is 14.9 Å². The van der Waals surface area contributed by atoms with E-state index in [1.165, 1.54) is 12.1 Å². The van der Waals surface area contributed by atoms with Gasteiger partial charge in [0.05, 0.1) is 9.82 Å². The molecule has 3 aromatic rings. The molecule has 0 aliphatic rings. The van der Waals surface area contributed by atoms with Crippen LogP contribution in [0, 0.1) is 10.1 Å². The number of sulfonamides is 1. The normalized spacial score (nSPS) is 12.7. The van der Waals surface area contributed by atoms with Crippen molar-refractivity contribution in [3.05, 3.63) is 76.6 Å².